The van der Waals surface area contributed by atoms with Crippen molar-refractivity contribution in [2.24, 2.45) is 0 Å². The molecular weight excluding hydrogens is 360 g/mol. The third kappa shape index (κ3) is 4.86. The van der Waals surface area contributed by atoms with Crippen molar-refractivity contribution in [3.8, 4) is 22.8 Å². The molecule has 3 aromatic rings. The molecule has 0 saturated carbocycles. The molecule has 0 atom stereocenters. The molecule has 0 spiro atoms. The number of ether oxygens (including phenoxy) is 2. The zero-order chi connectivity index (χ0) is 19.2. The van der Waals surface area contributed by atoms with Crippen LogP contribution in [-0.2, 0) is 4.79 Å². The van der Waals surface area contributed by atoms with Gasteiger partial charge in [0.05, 0.1) is 12.3 Å². The predicted octanol–water partition coefficient (Wildman–Crippen LogP) is 4.84. The van der Waals surface area contributed by atoms with Crippen molar-refractivity contribution in [3.05, 3.63) is 59.0 Å². The number of benzene rings is 2. The molecule has 1 amide bonds. The zero-order valence-electron chi connectivity index (χ0n) is 15.6. The molecule has 1 aromatic heterocycles. The first-order valence-corrected chi connectivity index (χ1v) is 9.62. The number of anilines is 1. The van der Waals surface area contributed by atoms with E-state index >= 15 is 0 Å². The molecule has 3 rings (SSSR count). The number of thiazole rings is 1. The summed E-state index contributed by atoms with van der Waals surface area (Å²) in [6.07, 6.45) is 0. The van der Waals surface area contributed by atoms with Crippen molar-refractivity contribution < 1.29 is 14.3 Å². The van der Waals surface area contributed by atoms with Gasteiger partial charge in [-0.15, -0.1) is 11.3 Å². The summed E-state index contributed by atoms with van der Waals surface area (Å²) in [7, 11) is 0. The van der Waals surface area contributed by atoms with Crippen LogP contribution in [0.1, 0.15) is 18.1 Å². The third-order valence-electron chi connectivity index (χ3n) is 3.92. The summed E-state index contributed by atoms with van der Waals surface area (Å²) in [5.74, 6) is 1.26. The van der Waals surface area contributed by atoms with E-state index in [1.54, 1.807) is 0 Å². The Hall–Kier alpha value is -2.86. The maximum absolute atomic E-state index is 12.2. The maximum Gasteiger partial charge on any atom is 0.264 e. The lowest BCUT2D eigenvalue weighted by molar-refractivity contribution is -0.118. The number of aryl methyl sites for hydroxylation is 2. The molecule has 0 radical (unpaired) electrons. The highest BCUT2D eigenvalue weighted by molar-refractivity contribution is 7.14. The predicted molar refractivity (Wildman–Crippen MR) is 109 cm³/mol. The fourth-order valence-corrected chi connectivity index (χ4v) is 3.30. The molecule has 1 heterocycles. The molecule has 0 saturated heterocycles. The third-order valence-corrected chi connectivity index (χ3v) is 4.67. The molecule has 5 nitrogen and oxygen atoms in total. The summed E-state index contributed by atoms with van der Waals surface area (Å²) in [4.78, 5) is 16.7. The molecule has 0 aliphatic carbocycles. The van der Waals surface area contributed by atoms with Gasteiger partial charge in [0, 0.05) is 10.9 Å². The number of nitrogens with zero attached hydrogens (tertiary/aromatic N) is 1. The van der Waals surface area contributed by atoms with Crippen LogP contribution in [0.5, 0.6) is 11.5 Å². The van der Waals surface area contributed by atoms with Gasteiger partial charge in [0.2, 0.25) is 0 Å². The summed E-state index contributed by atoms with van der Waals surface area (Å²) in [5, 5.41) is 5.23. The van der Waals surface area contributed by atoms with E-state index in [2.05, 4.69) is 10.3 Å². The lowest BCUT2D eigenvalue weighted by Gasteiger charge is -2.09. The van der Waals surface area contributed by atoms with Gasteiger partial charge in [0.15, 0.2) is 11.7 Å². The van der Waals surface area contributed by atoms with Crippen molar-refractivity contribution >= 4 is 22.4 Å². The number of rotatable bonds is 7. The highest BCUT2D eigenvalue weighted by atomic mass is 32.1. The van der Waals surface area contributed by atoms with E-state index in [1.165, 1.54) is 11.3 Å². The van der Waals surface area contributed by atoms with Gasteiger partial charge in [-0.05, 0) is 50.1 Å². The number of hydrogen-bond acceptors (Lipinski definition) is 5. The Morgan fingerprint density at radius 1 is 1.11 bits per heavy atom. The fourth-order valence-electron chi connectivity index (χ4n) is 2.58. The molecule has 140 valence electrons. The average molecular weight is 382 g/mol. The first-order chi connectivity index (χ1) is 13.1. The van der Waals surface area contributed by atoms with Crippen molar-refractivity contribution in [1.29, 1.82) is 0 Å². The number of carbonyl (C=O) groups excluding carboxylic acids is 1. The van der Waals surface area contributed by atoms with Crippen LogP contribution < -0.4 is 14.8 Å². The van der Waals surface area contributed by atoms with Crippen molar-refractivity contribution in [2.45, 2.75) is 20.8 Å². The Morgan fingerprint density at radius 3 is 2.74 bits per heavy atom. The summed E-state index contributed by atoms with van der Waals surface area (Å²) in [5.41, 5.74) is 3.77. The number of amides is 1. The van der Waals surface area contributed by atoms with Gasteiger partial charge < -0.3 is 9.47 Å². The van der Waals surface area contributed by atoms with Crippen LogP contribution in [-0.4, -0.2) is 24.1 Å². The minimum absolute atomic E-state index is 0.0608. The normalized spacial score (nSPS) is 10.5. The first-order valence-electron chi connectivity index (χ1n) is 8.74. The monoisotopic (exact) mass is 382 g/mol. The van der Waals surface area contributed by atoms with E-state index in [1.807, 2.05) is 68.6 Å². The lowest BCUT2D eigenvalue weighted by atomic mass is 10.1. The molecular formula is C21H22N2O3S. The Labute approximate surface area is 163 Å². The molecule has 0 aliphatic rings. The second-order valence-electron chi connectivity index (χ2n) is 6.07. The Bertz CT molecular complexity index is 937. The van der Waals surface area contributed by atoms with Crippen molar-refractivity contribution in [3.63, 3.8) is 0 Å². The van der Waals surface area contributed by atoms with E-state index in [4.69, 9.17) is 9.47 Å². The number of carbonyl (C=O) groups is 1. The average Bonchev–Trinajstić information content (AvgIpc) is 3.11. The number of para-hydroxylation sites is 1. The lowest BCUT2D eigenvalue weighted by Crippen LogP contribution is -2.20. The molecule has 0 unspecified atom stereocenters. The minimum atomic E-state index is -0.241. The van der Waals surface area contributed by atoms with E-state index in [0.29, 0.717) is 11.7 Å². The summed E-state index contributed by atoms with van der Waals surface area (Å²) < 4.78 is 11.3. The Kier molecular flexibility index (Phi) is 6.08. The van der Waals surface area contributed by atoms with E-state index < -0.39 is 0 Å². The fraction of sp³-hybridized carbons (Fsp3) is 0.238. The summed E-state index contributed by atoms with van der Waals surface area (Å²) >= 11 is 1.37. The first kappa shape index (κ1) is 18.9. The van der Waals surface area contributed by atoms with Gasteiger partial charge in [-0.3, -0.25) is 10.1 Å². The molecule has 1 N–H and O–H groups in total. The second-order valence-corrected chi connectivity index (χ2v) is 6.93. The molecule has 0 bridgehead atoms. The van der Waals surface area contributed by atoms with Crippen LogP contribution in [0.4, 0.5) is 5.13 Å². The smallest absolute Gasteiger partial charge is 0.264 e. The maximum atomic E-state index is 12.2. The largest absolute Gasteiger partial charge is 0.493 e. The van der Waals surface area contributed by atoms with Gasteiger partial charge in [-0.1, -0.05) is 24.3 Å². The van der Waals surface area contributed by atoms with Crippen LogP contribution >= 0.6 is 11.3 Å². The van der Waals surface area contributed by atoms with Gasteiger partial charge in [0.1, 0.15) is 11.5 Å². The van der Waals surface area contributed by atoms with Crippen LogP contribution in [0.15, 0.2) is 47.8 Å². The van der Waals surface area contributed by atoms with Gasteiger partial charge in [-0.2, -0.15) is 0 Å². The zero-order valence-corrected chi connectivity index (χ0v) is 16.4. The molecule has 2 aromatic carbocycles. The molecule has 27 heavy (non-hydrogen) atoms. The van der Waals surface area contributed by atoms with Gasteiger partial charge in [-0.25, -0.2) is 4.98 Å². The minimum Gasteiger partial charge on any atom is -0.493 e. The van der Waals surface area contributed by atoms with E-state index in [9.17, 15) is 4.79 Å². The van der Waals surface area contributed by atoms with Crippen molar-refractivity contribution in [2.75, 3.05) is 18.5 Å². The molecule has 0 aliphatic heterocycles. The second kappa shape index (κ2) is 8.68. The SMILES string of the molecule is CCOc1ccccc1-c1csc(NC(=O)COc2cc(C)ccc2C)n1. The highest BCUT2D eigenvalue weighted by Crippen LogP contribution is 2.32. The topological polar surface area (TPSA) is 60.5 Å². The van der Waals surface area contributed by atoms with E-state index in [-0.39, 0.29) is 12.5 Å². The van der Waals surface area contributed by atoms with Gasteiger partial charge in [0.25, 0.3) is 5.91 Å². The Morgan fingerprint density at radius 2 is 1.93 bits per heavy atom. The van der Waals surface area contributed by atoms with Gasteiger partial charge >= 0.3 is 0 Å². The van der Waals surface area contributed by atoms with Crippen LogP contribution in [0.2, 0.25) is 0 Å². The molecule has 6 heteroatoms. The number of nitrogens with one attached hydrogen (secondary N) is 1. The van der Waals surface area contributed by atoms with Crippen LogP contribution in [0.3, 0.4) is 0 Å². The van der Waals surface area contributed by atoms with Crippen LogP contribution in [0, 0.1) is 13.8 Å². The summed E-state index contributed by atoms with van der Waals surface area (Å²) in [6, 6.07) is 13.6. The summed E-state index contributed by atoms with van der Waals surface area (Å²) in [6.45, 7) is 6.41. The van der Waals surface area contributed by atoms with E-state index in [0.717, 1.165) is 33.9 Å². The highest BCUT2D eigenvalue weighted by Gasteiger charge is 2.12. The standard InChI is InChI=1S/C21H22N2O3S/c1-4-25-18-8-6-5-7-16(18)17-13-27-21(22-17)23-20(24)12-26-19-11-14(2)9-10-15(19)3/h5-11,13H,4,12H2,1-3H3,(H,22,23,24). The molecule has 0 fully saturated rings. The van der Waals surface area contributed by atoms with Crippen LogP contribution in [0.25, 0.3) is 11.3 Å². The quantitative estimate of drug-likeness (QED) is 0.635. The number of hydrogen-bond donors (Lipinski definition) is 1. The van der Waals surface area contributed by atoms with Crippen molar-refractivity contribution in [1.82, 2.24) is 4.98 Å². The Balaban J connectivity index is 1.64. The number of aromatic nitrogens is 1.